The van der Waals surface area contributed by atoms with Crippen LogP contribution in [0.15, 0.2) is 36.7 Å². The maximum absolute atomic E-state index is 12.3. The van der Waals surface area contributed by atoms with Gasteiger partial charge in [-0.2, -0.15) is 0 Å². The van der Waals surface area contributed by atoms with Crippen molar-refractivity contribution in [3.05, 3.63) is 47.9 Å². The molecule has 1 aromatic carbocycles. The van der Waals surface area contributed by atoms with Crippen LogP contribution in [0.3, 0.4) is 0 Å². The molecule has 1 aliphatic heterocycles. The number of aromatic nitrogens is 2. The molecule has 1 atom stereocenters. The SMILES string of the molecule is CCN(c1cccc(C)c1)c1cnc(C(=O)NC2CCS(=O)(=O)C2)cn1. The monoisotopic (exact) mass is 374 g/mol. The third-order valence-corrected chi connectivity index (χ3v) is 6.11. The summed E-state index contributed by atoms with van der Waals surface area (Å²) in [6.45, 7) is 4.76. The van der Waals surface area contributed by atoms with Crippen LogP contribution < -0.4 is 10.2 Å². The number of nitrogens with zero attached hydrogens (tertiary/aromatic N) is 3. The fraction of sp³-hybridized carbons (Fsp3) is 0.389. The lowest BCUT2D eigenvalue weighted by molar-refractivity contribution is 0.0935. The van der Waals surface area contributed by atoms with Gasteiger partial charge in [-0.3, -0.25) is 4.79 Å². The second-order valence-corrected chi connectivity index (χ2v) is 8.65. The quantitative estimate of drug-likeness (QED) is 0.859. The molecule has 2 aromatic rings. The molecule has 138 valence electrons. The number of benzene rings is 1. The normalized spacial score (nSPS) is 18.5. The molecule has 0 bridgehead atoms. The Balaban J connectivity index is 1.72. The molecule has 0 spiro atoms. The molecular formula is C18H22N4O3S. The number of carbonyl (C=O) groups is 1. The largest absolute Gasteiger partial charge is 0.347 e. The molecule has 2 heterocycles. The average Bonchev–Trinajstić information content (AvgIpc) is 2.95. The minimum absolute atomic E-state index is 0.0127. The van der Waals surface area contributed by atoms with Crippen molar-refractivity contribution in [3.8, 4) is 0 Å². The minimum atomic E-state index is -3.04. The van der Waals surface area contributed by atoms with Gasteiger partial charge in [0.15, 0.2) is 15.7 Å². The van der Waals surface area contributed by atoms with E-state index in [9.17, 15) is 13.2 Å². The van der Waals surface area contributed by atoms with Gasteiger partial charge < -0.3 is 10.2 Å². The van der Waals surface area contributed by atoms with Crippen LogP contribution in [-0.2, 0) is 9.84 Å². The first-order valence-corrected chi connectivity index (χ1v) is 10.4. The number of aryl methyl sites for hydroxylation is 1. The van der Waals surface area contributed by atoms with Crippen LogP contribution in [0.1, 0.15) is 29.4 Å². The van der Waals surface area contributed by atoms with Crippen molar-refractivity contribution < 1.29 is 13.2 Å². The van der Waals surface area contributed by atoms with Crippen molar-refractivity contribution in [1.29, 1.82) is 0 Å². The highest BCUT2D eigenvalue weighted by Crippen LogP contribution is 2.23. The lowest BCUT2D eigenvalue weighted by atomic mass is 10.2. The van der Waals surface area contributed by atoms with Gasteiger partial charge in [0.2, 0.25) is 0 Å². The maximum Gasteiger partial charge on any atom is 0.271 e. The van der Waals surface area contributed by atoms with E-state index in [0.717, 1.165) is 11.3 Å². The zero-order valence-electron chi connectivity index (χ0n) is 14.8. The summed E-state index contributed by atoms with van der Waals surface area (Å²) >= 11 is 0. The standard InChI is InChI=1S/C18H22N4O3S/c1-3-22(15-6-4-5-13(2)9-15)17-11-19-16(10-20-17)18(23)21-14-7-8-26(24,25)12-14/h4-6,9-11,14H,3,7-8,12H2,1-2H3,(H,21,23). The van der Waals surface area contributed by atoms with Gasteiger partial charge in [0, 0.05) is 18.3 Å². The molecule has 0 saturated carbocycles. The van der Waals surface area contributed by atoms with E-state index in [4.69, 9.17) is 0 Å². The Morgan fingerprint density at radius 2 is 2.12 bits per heavy atom. The Kier molecular flexibility index (Phi) is 5.22. The highest BCUT2D eigenvalue weighted by atomic mass is 32.2. The van der Waals surface area contributed by atoms with Crippen LogP contribution in [0, 0.1) is 6.92 Å². The van der Waals surface area contributed by atoms with E-state index in [1.807, 2.05) is 36.9 Å². The number of rotatable bonds is 5. The number of amides is 1. The second kappa shape index (κ2) is 7.41. The summed E-state index contributed by atoms with van der Waals surface area (Å²) in [6.07, 6.45) is 3.43. The van der Waals surface area contributed by atoms with Gasteiger partial charge in [0.05, 0.1) is 23.9 Å². The van der Waals surface area contributed by atoms with Gasteiger partial charge >= 0.3 is 0 Å². The molecule has 1 aliphatic rings. The Morgan fingerprint density at radius 3 is 2.69 bits per heavy atom. The van der Waals surface area contributed by atoms with Gasteiger partial charge in [-0.15, -0.1) is 0 Å². The van der Waals surface area contributed by atoms with Gasteiger partial charge in [-0.1, -0.05) is 12.1 Å². The van der Waals surface area contributed by atoms with Gasteiger partial charge in [-0.25, -0.2) is 18.4 Å². The van der Waals surface area contributed by atoms with Crippen molar-refractivity contribution in [1.82, 2.24) is 15.3 Å². The summed E-state index contributed by atoms with van der Waals surface area (Å²) < 4.78 is 23.0. The molecular weight excluding hydrogens is 352 g/mol. The van der Waals surface area contributed by atoms with Gasteiger partial charge in [-0.05, 0) is 38.0 Å². The zero-order chi connectivity index (χ0) is 18.7. The zero-order valence-corrected chi connectivity index (χ0v) is 15.7. The molecule has 3 rings (SSSR count). The van der Waals surface area contributed by atoms with E-state index in [-0.39, 0.29) is 23.2 Å². The Labute approximate surface area is 153 Å². The number of anilines is 2. The fourth-order valence-corrected chi connectivity index (χ4v) is 4.69. The lowest BCUT2D eigenvalue weighted by Gasteiger charge is -2.22. The third kappa shape index (κ3) is 4.19. The molecule has 0 aliphatic carbocycles. The second-order valence-electron chi connectivity index (χ2n) is 6.42. The topological polar surface area (TPSA) is 92.3 Å². The predicted octanol–water partition coefficient (Wildman–Crippen LogP) is 1.86. The number of sulfone groups is 1. The van der Waals surface area contributed by atoms with Crippen LogP contribution in [-0.4, -0.2) is 48.4 Å². The van der Waals surface area contributed by atoms with Gasteiger partial charge in [0.25, 0.3) is 5.91 Å². The van der Waals surface area contributed by atoms with Crippen molar-refractivity contribution in [3.63, 3.8) is 0 Å². The first-order chi connectivity index (χ1) is 12.4. The number of hydrogen-bond acceptors (Lipinski definition) is 6. The van der Waals surface area contributed by atoms with E-state index in [1.165, 1.54) is 6.20 Å². The molecule has 1 saturated heterocycles. The maximum atomic E-state index is 12.3. The van der Waals surface area contributed by atoms with E-state index in [2.05, 4.69) is 21.4 Å². The Morgan fingerprint density at radius 1 is 1.31 bits per heavy atom. The Bertz CT molecular complexity index is 897. The van der Waals surface area contributed by atoms with E-state index < -0.39 is 15.7 Å². The minimum Gasteiger partial charge on any atom is -0.347 e. The summed E-state index contributed by atoms with van der Waals surface area (Å²) in [5, 5.41) is 2.72. The molecule has 0 radical (unpaired) electrons. The number of nitrogens with one attached hydrogen (secondary N) is 1. The third-order valence-electron chi connectivity index (χ3n) is 4.34. The summed E-state index contributed by atoms with van der Waals surface area (Å²) in [4.78, 5) is 22.8. The van der Waals surface area contributed by atoms with Crippen LogP contribution >= 0.6 is 0 Å². The summed E-state index contributed by atoms with van der Waals surface area (Å²) in [5.74, 6) is 0.356. The van der Waals surface area contributed by atoms with E-state index >= 15 is 0 Å². The molecule has 1 aromatic heterocycles. The van der Waals surface area contributed by atoms with Crippen molar-refractivity contribution in [2.24, 2.45) is 0 Å². The van der Waals surface area contributed by atoms with Crippen molar-refractivity contribution in [2.45, 2.75) is 26.3 Å². The first-order valence-electron chi connectivity index (χ1n) is 8.55. The first kappa shape index (κ1) is 18.3. The smallest absolute Gasteiger partial charge is 0.271 e. The molecule has 1 unspecified atom stereocenters. The van der Waals surface area contributed by atoms with Crippen LogP contribution in [0.5, 0.6) is 0 Å². The van der Waals surface area contributed by atoms with Gasteiger partial charge in [0.1, 0.15) is 5.69 Å². The predicted molar refractivity (Wildman–Crippen MR) is 100 cm³/mol. The summed E-state index contributed by atoms with van der Waals surface area (Å²) in [5.41, 5.74) is 2.34. The molecule has 7 nitrogen and oxygen atoms in total. The van der Waals surface area contributed by atoms with Crippen molar-refractivity contribution in [2.75, 3.05) is 23.0 Å². The highest BCUT2D eigenvalue weighted by Gasteiger charge is 2.29. The Hall–Kier alpha value is -2.48. The van der Waals surface area contributed by atoms with Crippen molar-refractivity contribution >= 4 is 27.2 Å². The molecule has 8 heteroatoms. The molecule has 1 amide bonds. The molecule has 1 N–H and O–H groups in total. The van der Waals surface area contributed by atoms with Crippen LogP contribution in [0.25, 0.3) is 0 Å². The molecule has 26 heavy (non-hydrogen) atoms. The summed E-state index contributed by atoms with van der Waals surface area (Å²) in [6, 6.07) is 7.72. The van der Waals surface area contributed by atoms with E-state index in [0.29, 0.717) is 18.8 Å². The van der Waals surface area contributed by atoms with Crippen LogP contribution in [0.2, 0.25) is 0 Å². The number of carbonyl (C=O) groups excluding carboxylic acids is 1. The van der Waals surface area contributed by atoms with Crippen LogP contribution in [0.4, 0.5) is 11.5 Å². The average molecular weight is 374 g/mol. The lowest BCUT2D eigenvalue weighted by Crippen LogP contribution is -2.36. The van der Waals surface area contributed by atoms with E-state index in [1.54, 1.807) is 6.20 Å². The fourth-order valence-electron chi connectivity index (χ4n) is 3.02. The highest BCUT2D eigenvalue weighted by molar-refractivity contribution is 7.91. The number of hydrogen-bond donors (Lipinski definition) is 1. The molecule has 1 fully saturated rings. The summed E-state index contributed by atoms with van der Waals surface area (Å²) in [7, 11) is -3.04.